The van der Waals surface area contributed by atoms with E-state index in [0.29, 0.717) is 12.8 Å². The van der Waals surface area contributed by atoms with E-state index < -0.39 is 19.5 Å². The number of unbranched alkanes of at least 4 members (excludes halogenated alkanes) is 2. The highest BCUT2D eigenvalue weighted by Gasteiger charge is 2.35. The molecule has 14 heavy (non-hydrogen) atoms. The van der Waals surface area contributed by atoms with Gasteiger partial charge in [-0.25, -0.2) is 0 Å². The van der Waals surface area contributed by atoms with Gasteiger partial charge in [-0.15, -0.1) is 0 Å². The van der Waals surface area contributed by atoms with Crippen LogP contribution in [0.15, 0.2) is 0 Å². The summed E-state index contributed by atoms with van der Waals surface area (Å²) in [4.78, 5) is 0. The Labute approximate surface area is 87.3 Å². The molecule has 0 aliphatic heterocycles. The van der Waals surface area contributed by atoms with Crippen LogP contribution in [-0.4, -0.2) is 21.9 Å². The maximum Gasteiger partial charge on any atom is 0.401 e. The predicted molar refractivity (Wildman–Crippen MR) is 58.7 cm³/mol. The van der Waals surface area contributed by atoms with Crippen LogP contribution >= 0.6 is 7.80 Å². The molecule has 2 N–H and O–H groups in total. The lowest BCUT2D eigenvalue weighted by molar-refractivity contribution is 0.201. The first-order chi connectivity index (χ1) is 6.63. The molecule has 0 heterocycles. The SMILES string of the molecule is CCCCC(O)[P+](=O)C(O)CCCC. The van der Waals surface area contributed by atoms with Crippen LogP contribution in [0.5, 0.6) is 0 Å². The van der Waals surface area contributed by atoms with E-state index in [-0.39, 0.29) is 0 Å². The van der Waals surface area contributed by atoms with Crippen molar-refractivity contribution in [2.75, 3.05) is 0 Å². The van der Waals surface area contributed by atoms with Gasteiger partial charge in [0, 0.05) is 12.8 Å². The molecule has 0 aliphatic rings. The second-order valence-electron chi connectivity index (χ2n) is 3.61. The largest absolute Gasteiger partial charge is 0.401 e. The molecular formula is C10H22O3P+. The molecule has 0 saturated heterocycles. The molecular weight excluding hydrogens is 199 g/mol. The van der Waals surface area contributed by atoms with Gasteiger partial charge < -0.3 is 10.2 Å². The van der Waals surface area contributed by atoms with Gasteiger partial charge in [0.05, 0.1) is 0 Å². The molecule has 84 valence electrons. The van der Waals surface area contributed by atoms with Gasteiger partial charge in [-0.2, -0.15) is 0 Å². The van der Waals surface area contributed by atoms with E-state index in [1.807, 2.05) is 13.8 Å². The Hall–Kier alpha value is 0.0200. The van der Waals surface area contributed by atoms with Gasteiger partial charge in [-0.3, -0.25) is 0 Å². The Morgan fingerprint density at radius 2 is 1.36 bits per heavy atom. The third-order valence-corrected chi connectivity index (χ3v) is 3.91. The second-order valence-corrected chi connectivity index (χ2v) is 5.52. The monoisotopic (exact) mass is 221 g/mol. The van der Waals surface area contributed by atoms with Crippen LogP contribution < -0.4 is 0 Å². The first-order valence-electron chi connectivity index (χ1n) is 5.45. The molecule has 0 amide bonds. The minimum Gasteiger partial charge on any atom is -0.351 e. The van der Waals surface area contributed by atoms with Crippen LogP contribution in [0.1, 0.15) is 52.4 Å². The van der Waals surface area contributed by atoms with Gasteiger partial charge >= 0.3 is 7.80 Å². The van der Waals surface area contributed by atoms with E-state index in [9.17, 15) is 14.8 Å². The van der Waals surface area contributed by atoms with Crippen molar-refractivity contribution in [2.45, 2.75) is 64.1 Å². The van der Waals surface area contributed by atoms with Gasteiger partial charge in [0.15, 0.2) is 0 Å². The number of rotatable bonds is 8. The van der Waals surface area contributed by atoms with Gasteiger partial charge in [-0.1, -0.05) is 31.3 Å². The van der Waals surface area contributed by atoms with E-state index >= 15 is 0 Å². The fourth-order valence-electron chi connectivity index (χ4n) is 1.23. The minimum absolute atomic E-state index is 0.537. The lowest BCUT2D eigenvalue weighted by atomic mass is 10.3. The summed E-state index contributed by atoms with van der Waals surface area (Å²) in [5.74, 6) is -1.64. The van der Waals surface area contributed by atoms with Crippen LogP contribution in [0.4, 0.5) is 0 Å². The Kier molecular flexibility index (Phi) is 8.35. The lowest BCUT2D eigenvalue weighted by Crippen LogP contribution is -2.10. The Morgan fingerprint density at radius 1 is 1.00 bits per heavy atom. The van der Waals surface area contributed by atoms with Gasteiger partial charge in [0.1, 0.15) is 0 Å². The summed E-state index contributed by atoms with van der Waals surface area (Å²) in [5.41, 5.74) is 0. The van der Waals surface area contributed by atoms with Gasteiger partial charge in [0.2, 0.25) is 0 Å². The maximum absolute atomic E-state index is 11.5. The Morgan fingerprint density at radius 3 is 1.64 bits per heavy atom. The van der Waals surface area contributed by atoms with Gasteiger partial charge in [-0.05, 0) is 12.8 Å². The van der Waals surface area contributed by atoms with Crippen LogP contribution in [0.2, 0.25) is 0 Å². The molecule has 0 bridgehead atoms. The highest BCUT2D eigenvalue weighted by molar-refractivity contribution is 7.45. The van der Waals surface area contributed by atoms with Crippen molar-refractivity contribution in [2.24, 2.45) is 0 Å². The van der Waals surface area contributed by atoms with E-state index in [1.54, 1.807) is 0 Å². The van der Waals surface area contributed by atoms with E-state index in [4.69, 9.17) is 0 Å². The molecule has 2 atom stereocenters. The third-order valence-electron chi connectivity index (χ3n) is 2.22. The van der Waals surface area contributed by atoms with Crippen LogP contribution in [-0.2, 0) is 4.57 Å². The Balaban J connectivity index is 3.78. The summed E-state index contributed by atoms with van der Waals surface area (Å²) < 4.78 is 11.5. The average molecular weight is 221 g/mol. The smallest absolute Gasteiger partial charge is 0.351 e. The molecule has 0 aliphatic carbocycles. The number of aliphatic hydroxyl groups excluding tert-OH is 2. The van der Waals surface area contributed by atoms with Crippen LogP contribution in [0.25, 0.3) is 0 Å². The molecule has 0 radical (unpaired) electrons. The van der Waals surface area contributed by atoms with Gasteiger partial charge in [0.25, 0.3) is 11.7 Å². The summed E-state index contributed by atoms with van der Waals surface area (Å²) in [6.45, 7) is 4.04. The molecule has 0 spiro atoms. The highest BCUT2D eigenvalue weighted by atomic mass is 31.1. The van der Waals surface area contributed by atoms with Crippen molar-refractivity contribution in [1.29, 1.82) is 0 Å². The number of hydrogen-bond donors (Lipinski definition) is 2. The van der Waals surface area contributed by atoms with E-state index in [1.165, 1.54) is 0 Å². The fraction of sp³-hybridized carbons (Fsp3) is 1.00. The molecule has 0 aromatic heterocycles. The summed E-state index contributed by atoms with van der Waals surface area (Å²) in [7, 11) is -1.87. The molecule has 2 unspecified atom stereocenters. The topological polar surface area (TPSA) is 57.5 Å². The zero-order chi connectivity index (χ0) is 11.0. The van der Waals surface area contributed by atoms with Crippen molar-refractivity contribution in [1.82, 2.24) is 0 Å². The van der Waals surface area contributed by atoms with Crippen molar-refractivity contribution < 1.29 is 14.8 Å². The first-order valence-corrected chi connectivity index (χ1v) is 6.84. The zero-order valence-electron chi connectivity index (χ0n) is 9.15. The highest BCUT2D eigenvalue weighted by Crippen LogP contribution is 2.36. The van der Waals surface area contributed by atoms with Crippen LogP contribution in [0.3, 0.4) is 0 Å². The van der Waals surface area contributed by atoms with Crippen molar-refractivity contribution in [3.05, 3.63) is 0 Å². The summed E-state index contributed by atoms with van der Waals surface area (Å²) >= 11 is 0. The standard InChI is InChI=1S/C10H22O3P/c1-3-5-7-9(11)14(13)10(12)8-6-4-2/h9-12H,3-8H2,1-2H3/q+1. The second kappa shape index (κ2) is 8.34. The van der Waals surface area contributed by atoms with Crippen molar-refractivity contribution >= 4 is 7.80 Å². The molecule has 4 heteroatoms. The molecule has 0 rings (SSSR count). The zero-order valence-corrected chi connectivity index (χ0v) is 10.0. The first kappa shape index (κ1) is 14.0. The quantitative estimate of drug-likeness (QED) is 0.619. The van der Waals surface area contributed by atoms with E-state index in [0.717, 1.165) is 25.7 Å². The Bertz CT molecular complexity index is 145. The van der Waals surface area contributed by atoms with Crippen molar-refractivity contribution in [3.63, 3.8) is 0 Å². The fourth-order valence-corrected chi connectivity index (χ4v) is 2.50. The summed E-state index contributed by atoms with van der Waals surface area (Å²) in [6.07, 6.45) is 4.76. The summed E-state index contributed by atoms with van der Waals surface area (Å²) in [5, 5.41) is 18.9. The maximum atomic E-state index is 11.5. The molecule has 3 nitrogen and oxygen atoms in total. The van der Waals surface area contributed by atoms with Crippen LogP contribution in [0, 0.1) is 0 Å². The van der Waals surface area contributed by atoms with Crippen molar-refractivity contribution in [3.8, 4) is 0 Å². The molecule has 0 aromatic carbocycles. The normalized spacial score (nSPS) is 16.4. The molecule has 0 aromatic rings. The van der Waals surface area contributed by atoms with E-state index in [2.05, 4.69) is 0 Å². The molecule has 0 saturated carbocycles. The third kappa shape index (κ3) is 5.69. The molecule has 0 fully saturated rings. The summed E-state index contributed by atoms with van der Waals surface area (Å²) in [6, 6.07) is 0. The number of aliphatic hydroxyl groups is 2. The minimum atomic E-state index is -1.87. The lowest BCUT2D eigenvalue weighted by Gasteiger charge is -2.03. The average Bonchev–Trinajstić information content (AvgIpc) is 2.21. The number of hydrogen-bond acceptors (Lipinski definition) is 3. The predicted octanol–water partition coefficient (Wildman–Crippen LogP) is 2.83.